The Kier molecular flexibility index (Phi) is 7.46. The number of nitrogens with one attached hydrogen (secondary N) is 2. The van der Waals surface area contributed by atoms with E-state index in [-0.39, 0.29) is 18.1 Å². The zero-order valence-corrected chi connectivity index (χ0v) is 21.4. The Morgan fingerprint density at radius 2 is 1.81 bits per heavy atom. The van der Waals surface area contributed by atoms with Crippen LogP contribution in [0.1, 0.15) is 40.3 Å². The minimum atomic E-state index is -0.375. The fourth-order valence-corrected chi connectivity index (χ4v) is 5.16. The molecule has 1 saturated heterocycles. The van der Waals surface area contributed by atoms with Gasteiger partial charge in [-0.3, -0.25) is 4.98 Å². The average molecular weight is 512 g/mol. The molecule has 0 bridgehead atoms. The summed E-state index contributed by atoms with van der Waals surface area (Å²) >= 11 is 5.84. The predicted octanol–water partition coefficient (Wildman–Crippen LogP) is 5.13. The van der Waals surface area contributed by atoms with Crippen molar-refractivity contribution in [3.8, 4) is 5.69 Å². The van der Waals surface area contributed by atoms with Crippen molar-refractivity contribution >= 4 is 29.0 Å². The average Bonchev–Trinajstić information content (AvgIpc) is 3.56. The summed E-state index contributed by atoms with van der Waals surface area (Å²) in [6, 6.07) is 27.4. The summed E-state index contributed by atoms with van der Waals surface area (Å²) in [5.41, 5.74) is 4.28. The molecule has 2 aromatic carbocycles. The van der Waals surface area contributed by atoms with Gasteiger partial charge >= 0.3 is 5.97 Å². The van der Waals surface area contributed by atoms with Crippen LogP contribution in [0.4, 0.5) is 5.69 Å². The second kappa shape index (κ2) is 11.3. The Morgan fingerprint density at radius 3 is 2.59 bits per heavy atom. The molecule has 1 fully saturated rings. The maximum Gasteiger partial charge on any atom is 0.339 e. The van der Waals surface area contributed by atoms with E-state index in [1.807, 2.05) is 66.9 Å². The van der Waals surface area contributed by atoms with E-state index in [0.29, 0.717) is 10.7 Å². The fourth-order valence-electron chi connectivity index (χ4n) is 4.83. The fraction of sp³-hybridized carbons (Fsp3) is 0.207. The zero-order valence-electron chi connectivity index (χ0n) is 20.6. The highest BCUT2D eigenvalue weighted by Gasteiger charge is 2.41. The molecule has 3 heterocycles. The summed E-state index contributed by atoms with van der Waals surface area (Å²) in [5.74, 6) is -0.375. The molecule has 1 aliphatic heterocycles. The number of thiocarbonyl (C=S) groups is 1. The van der Waals surface area contributed by atoms with Gasteiger partial charge in [0.05, 0.1) is 36.1 Å². The molecular formula is C29H29N5O2S. The standard InChI is InChI=1S/C29H29N5O2S/c1-36-28(35)22-13-5-6-15-24(22)33-19-9-16-25(33)27-26(23-14-7-8-17-31-23)32-29(37)34(27)20-10-18-30-21-11-3-2-4-12-21/h2-9,11-17,19,26-27,30H,10,18,20H2,1H3,(H,32,37). The number of hydrogen-bond donors (Lipinski definition) is 2. The molecule has 2 N–H and O–H groups in total. The third-order valence-corrected chi connectivity index (χ3v) is 6.88. The summed E-state index contributed by atoms with van der Waals surface area (Å²) in [5, 5.41) is 7.68. The van der Waals surface area contributed by atoms with Crippen LogP contribution in [0.25, 0.3) is 5.69 Å². The summed E-state index contributed by atoms with van der Waals surface area (Å²) < 4.78 is 7.11. The summed E-state index contributed by atoms with van der Waals surface area (Å²) in [4.78, 5) is 19.4. The van der Waals surface area contributed by atoms with Gasteiger partial charge in [-0.05, 0) is 67.2 Å². The Hall–Kier alpha value is -4.17. The highest BCUT2D eigenvalue weighted by molar-refractivity contribution is 7.80. The number of carbonyl (C=O) groups excluding carboxylic acids is 1. The maximum absolute atomic E-state index is 12.6. The van der Waals surface area contributed by atoms with Gasteiger partial charge in [0.1, 0.15) is 0 Å². The van der Waals surface area contributed by atoms with E-state index in [0.717, 1.165) is 42.3 Å². The molecule has 0 amide bonds. The van der Waals surface area contributed by atoms with Crippen molar-refractivity contribution in [1.82, 2.24) is 19.8 Å². The Morgan fingerprint density at radius 1 is 1.03 bits per heavy atom. The van der Waals surface area contributed by atoms with Crippen LogP contribution in [0.5, 0.6) is 0 Å². The molecule has 0 spiro atoms. The van der Waals surface area contributed by atoms with Crippen LogP contribution < -0.4 is 10.6 Å². The largest absolute Gasteiger partial charge is 0.465 e. The van der Waals surface area contributed by atoms with Crippen molar-refractivity contribution in [3.05, 3.63) is 114 Å². The van der Waals surface area contributed by atoms with Crippen LogP contribution in [0.2, 0.25) is 0 Å². The number of rotatable bonds is 9. The van der Waals surface area contributed by atoms with Crippen LogP contribution in [-0.2, 0) is 4.74 Å². The van der Waals surface area contributed by atoms with E-state index < -0.39 is 0 Å². The molecule has 1 aliphatic rings. The first-order chi connectivity index (χ1) is 18.2. The lowest BCUT2D eigenvalue weighted by Crippen LogP contribution is -2.32. The monoisotopic (exact) mass is 511 g/mol. The predicted molar refractivity (Wildman–Crippen MR) is 149 cm³/mol. The molecule has 2 unspecified atom stereocenters. The molecule has 2 aromatic heterocycles. The van der Waals surface area contributed by atoms with Crippen LogP contribution in [0.15, 0.2) is 97.3 Å². The molecule has 7 nitrogen and oxygen atoms in total. The quantitative estimate of drug-likeness (QED) is 0.183. The third-order valence-electron chi connectivity index (χ3n) is 6.53. The topological polar surface area (TPSA) is 71.4 Å². The number of carbonyl (C=O) groups is 1. The van der Waals surface area contributed by atoms with E-state index in [9.17, 15) is 4.79 Å². The van der Waals surface area contributed by atoms with Crippen LogP contribution >= 0.6 is 12.2 Å². The van der Waals surface area contributed by atoms with Gasteiger partial charge in [0.15, 0.2) is 5.11 Å². The summed E-state index contributed by atoms with van der Waals surface area (Å²) in [7, 11) is 1.40. The lowest BCUT2D eigenvalue weighted by molar-refractivity contribution is 0.0600. The molecule has 8 heteroatoms. The van der Waals surface area contributed by atoms with Gasteiger partial charge in [-0.15, -0.1) is 0 Å². The van der Waals surface area contributed by atoms with Crippen molar-refractivity contribution in [3.63, 3.8) is 0 Å². The second-order valence-corrected chi connectivity index (χ2v) is 9.16. The second-order valence-electron chi connectivity index (χ2n) is 8.78. The van der Waals surface area contributed by atoms with Gasteiger partial charge < -0.3 is 24.8 Å². The van der Waals surface area contributed by atoms with E-state index in [4.69, 9.17) is 17.0 Å². The van der Waals surface area contributed by atoms with Crippen molar-refractivity contribution in [2.75, 3.05) is 25.5 Å². The number of anilines is 1. The van der Waals surface area contributed by atoms with E-state index in [1.54, 1.807) is 12.3 Å². The lowest BCUT2D eigenvalue weighted by atomic mass is 10.0. The minimum absolute atomic E-state index is 0.125. The smallest absolute Gasteiger partial charge is 0.339 e. The number of benzene rings is 2. The highest BCUT2D eigenvalue weighted by atomic mass is 32.1. The van der Waals surface area contributed by atoms with Crippen LogP contribution in [0, 0.1) is 0 Å². The first-order valence-electron chi connectivity index (χ1n) is 12.3. The van der Waals surface area contributed by atoms with Gasteiger partial charge in [0.25, 0.3) is 0 Å². The third kappa shape index (κ3) is 5.20. The molecule has 37 heavy (non-hydrogen) atoms. The normalized spacial score (nSPS) is 16.9. The molecule has 0 saturated carbocycles. The van der Waals surface area contributed by atoms with Crippen molar-refractivity contribution in [2.24, 2.45) is 0 Å². The molecule has 5 rings (SSSR count). The lowest BCUT2D eigenvalue weighted by Gasteiger charge is -2.29. The number of hydrogen-bond acceptors (Lipinski definition) is 5. The molecule has 188 valence electrons. The molecule has 0 radical (unpaired) electrons. The molecule has 2 atom stereocenters. The van der Waals surface area contributed by atoms with Crippen molar-refractivity contribution in [2.45, 2.75) is 18.5 Å². The number of esters is 1. The van der Waals surface area contributed by atoms with Gasteiger partial charge in [-0.2, -0.15) is 0 Å². The number of ether oxygens (including phenoxy) is 1. The number of aromatic nitrogens is 2. The summed E-state index contributed by atoms with van der Waals surface area (Å²) in [6.45, 7) is 1.57. The number of pyridine rings is 1. The first-order valence-corrected chi connectivity index (χ1v) is 12.7. The van der Waals surface area contributed by atoms with Crippen LogP contribution in [-0.4, -0.2) is 45.7 Å². The van der Waals surface area contributed by atoms with Crippen LogP contribution in [0.3, 0.4) is 0 Å². The van der Waals surface area contributed by atoms with Crippen molar-refractivity contribution < 1.29 is 9.53 Å². The minimum Gasteiger partial charge on any atom is -0.465 e. The Bertz CT molecular complexity index is 1360. The SMILES string of the molecule is COC(=O)c1ccccc1-n1cccc1C1C(c2ccccn2)NC(=S)N1CCCNc1ccccc1. The van der Waals surface area contributed by atoms with Gasteiger partial charge in [-0.1, -0.05) is 36.4 Å². The zero-order chi connectivity index (χ0) is 25.6. The van der Waals surface area contributed by atoms with Gasteiger partial charge in [0.2, 0.25) is 0 Å². The molecule has 0 aliphatic carbocycles. The van der Waals surface area contributed by atoms with Crippen molar-refractivity contribution in [1.29, 1.82) is 0 Å². The summed E-state index contributed by atoms with van der Waals surface area (Å²) in [6.07, 6.45) is 4.67. The van der Waals surface area contributed by atoms with E-state index >= 15 is 0 Å². The number of para-hydroxylation sites is 2. The Labute approximate surface area is 222 Å². The number of methoxy groups -OCH3 is 1. The maximum atomic E-state index is 12.6. The highest BCUT2D eigenvalue weighted by Crippen LogP contribution is 2.40. The van der Waals surface area contributed by atoms with E-state index in [2.05, 4.69) is 43.3 Å². The van der Waals surface area contributed by atoms with Gasteiger partial charge in [0, 0.05) is 36.9 Å². The van der Waals surface area contributed by atoms with Gasteiger partial charge in [-0.25, -0.2) is 4.79 Å². The first kappa shape index (κ1) is 24.5. The Balaban J connectivity index is 1.47. The molecule has 4 aromatic rings. The molecular weight excluding hydrogens is 482 g/mol. The number of nitrogens with zero attached hydrogens (tertiary/aromatic N) is 3. The van der Waals surface area contributed by atoms with E-state index in [1.165, 1.54) is 7.11 Å².